The van der Waals surface area contributed by atoms with Crippen LogP contribution in [0.15, 0.2) is 30.3 Å². The van der Waals surface area contributed by atoms with Gasteiger partial charge in [0.2, 0.25) is 5.91 Å². The normalized spacial score (nSPS) is 23.2. The molecule has 0 radical (unpaired) electrons. The summed E-state index contributed by atoms with van der Waals surface area (Å²) in [4.78, 5) is 26.7. The van der Waals surface area contributed by atoms with Gasteiger partial charge in [0.05, 0.1) is 11.6 Å². The number of rotatable bonds is 1. The number of nitrogens with one attached hydrogen (secondary N) is 1. The number of piperazine rings is 1. The number of hydrogen-bond acceptors (Lipinski definition) is 4. The molecule has 3 N–H and O–H groups in total. The molecule has 0 aromatic heterocycles. The third-order valence-corrected chi connectivity index (χ3v) is 5.00. The zero-order valence-corrected chi connectivity index (χ0v) is 13.0. The first kappa shape index (κ1) is 14.8. The van der Waals surface area contributed by atoms with Crippen molar-refractivity contribution in [2.45, 2.75) is 31.3 Å². The van der Waals surface area contributed by atoms with Crippen molar-refractivity contribution in [2.75, 3.05) is 6.54 Å². The van der Waals surface area contributed by atoms with Gasteiger partial charge in [-0.05, 0) is 42.8 Å². The minimum atomic E-state index is -0.468. The second kappa shape index (κ2) is 5.40. The molecule has 6 heteroatoms. The lowest BCUT2D eigenvalue weighted by Crippen LogP contribution is -2.64. The minimum Gasteiger partial charge on any atom is -0.508 e. The highest BCUT2D eigenvalue weighted by molar-refractivity contribution is 6.05. The fourth-order valence-corrected chi connectivity index (χ4v) is 3.78. The van der Waals surface area contributed by atoms with Crippen LogP contribution in [-0.4, -0.2) is 45.6 Å². The zero-order chi connectivity index (χ0) is 16.8. The third-order valence-electron chi connectivity index (χ3n) is 5.00. The lowest BCUT2D eigenvalue weighted by Gasteiger charge is -2.45. The van der Waals surface area contributed by atoms with Crippen LogP contribution in [0.25, 0.3) is 10.8 Å². The number of piperidine rings is 1. The summed E-state index contributed by atoms with van der Waals surface area (Å²) in [7, 11) is 0. The Labute approximate surface area is 138 Å². The van der Waals surface area contributed by atoms with Crippen LogP contribution in [0, 0.1) is 0 Å². The van der Waals surface area contributed by atoms with E-state index < -0.39 is 6.04 Å². The molecule has 2 aromatic carbocycles. The topological polar surface area (TPSA) is 89.9 Å². The molecule has 0 saturated carbocycles. The maximum Gasteiger partial charge on any atom is 0.258 e. The summed E-state index contributed by atoms with van der Waals surface area (Å²) in [5, 5.41) is 24.2. The first-order chi connectivity index (χ1) is 11.6. The zero-order valence-electron chi connectivity index (χ0n) is 13.0. The molecule has 2 atom stereocenters. The molecule has 2 aliphatic heterocycles. The molecule has 2 saturated heterocycles. The Hall–Kier alpha value is -2.76. The van der Waals surface area contributed by atoms with Gasteiger partial charge in [-0.1, -0.05) is 12.1 Å². The van der Waals surface area contributed by atoms with Crippen LogP contribution in [0.3, 0.4) is 0 Å². The van der Waals surface area contributed by atoms with Gasteiger partial charge in [0, 0.05) is 11.9 Å². The summed E-state index contributed by atoms with van der Waals surface area (Å²) in [6.45, 7) is 0.455. The predicted molar refractivity (Wildman–Crippen MR) is 87.9 cm³/mol. The molecule has 6 nitrogen and oxygen atoms in total. The average Bonchev–Trinajstić information content (AvgIpc) is 2.58. The molecule has 24 heavy (non-hydrogen) atoms. The van der Waals surface area contributed by atoms with Crippen LogP contribution in [0.5, 0.6) is 11.5 Å². The molecule has 2 unspecified atom stereocenters. The van der Waals surface area contributed by atoms with Gasteiger partial charge >= 0.3 is 0 Å². The number of hydrogen-bond donors (Lipinski definition) is 3. The van der Waals surface area contributed by atoms with E-state index in [-0.39, 0.29) is 34.9 Å². The largest absolute Gasteiger partial charge is 0.508 e. The van der Waals surface area contributed by atoms with Gasteiger partial charge in [-0.25, -0.2) is 0 Å². The van der Waals surface area contributed by atoms with E-state index in [1.54, 1.807) is 23.1 Å². The molecule has 2 aromatic rings. The van der Waals surface area contributed by atoms with E-state index in [0.717, 1.165) is 18.2 Å². The van der Waals surface area contributed by atoms with Gasteiger partial charge < -0.3 is 20.4 Å². The minimum absolute atomic E-state index is 0.0246. The van der Waals surface area contributed by atoms with Gasteiger partial charge in [0.25, 0.3) is 5.91 Å². The molecular weight excluding hydrogens is 308 g/mol. The number of nitrogens with zero attached hydrogens (tertiary/aromatic N) is 1. The van der Waals surface area contributed by atoms with Crippen molar-refractivity contribution in [2.24, 2.45) is 0 Å². The van der Waals surface area contributed by atoms with E-state index in [4.69, 9.17) is 0 Å². The van der Waals surface area contributed by atoms with E-state index >= 15 is 0 Å². The maximum absolute atomic E-state index is 13.0. The standard InChI is InChI=1S/C18H18N2O4/c21-12-6-4-10-5-7-13(16(22)14(10)8-12)18(24)20-11-2-1-3-15(20)17(23)19-9-11/h4-8,11,15,21-22H,1-3,9H2,(H,19,23). The molecule has 2 heterocycles. The monoisotopic (exact) mass is 326 g/mol. The molecule has 2 aliphatic rings. The van der Waals surface area contributed by atoms with E-state index in [1.165, 1.54) is 12.1 Å². The van der Waals surface area contributed by atoms with Crippen molar-refractivity contribution in [3.63, 3.8) is 0 Å². The van der Waals surface area contributed by atoms with Crippen LogP contribution < -0.4 is 5.32 Å². The van der Waals surface area contributed by atoms with E-state index in [2.05, 4.69) is 5.32 Å². The van der Waals surface area contributed by atoms with Crippen molar-refractivity contribution in [3.8, 4) is 11.5 Å². The fourth-order valence-electron chi connectivity index (χ4n) is 3.78. The average molecular weight is 326 g/mol. The van der Waals surface area contributed by atoms with Gasteiger partial charge in [0.15, 0.2) is 0 Å². The maximum atomic E-state index is 13.0. The number of fused-ring (bicyclic) bond motifs is 3. The van der Waals surface area contributed by atoms with Crippen molar-refractivity contribution in [3.05, 3.63) is 35.9 Å². The number of phenolic OH excluding ortho intramolecular Hbond substituents is 2. The first-order valence-corrected chi connectivity index (χ1v) is 8.11. The Bertz CT molecular complexity index is 848. The van der Waals surface area contributed by atoms with E-state index in [9.17, 15) is 19.8 Å². The Kier molecular flexibility index (Phi) is 3.33. The summed E-state index contributed by atoms with van der Waals surface area (Å²) in [5.74, 6) is -0.589. The second-order valence-corrected chi connectivity index (χ2v) is 6.43. The third kappa shape index (κ3) is 2.18. The first-order valence-electron chi connectivity index (χ1n) is 8.11. The predicted octanol–water partition coefficient (Wildman–Crippen LogP) is 1.74. The number of benzene rings is 2. The smallest absolute Gasteiger partial charge is 0.258 e. The Morgan fingerprint density at radius 1 is 1.17 bits per heavy atom. The summed E-state index contributed by atoms with van der Waals surface area (Å²) < 4.78 is 0. The molecule has 0 spiro atoms. The summed E-state index contributed by atoms with van der Waals surface area (Å²) in [5.41, 5.74) is 0.166. The van der Waals surface area contributed by atoms with Crippen LogP contribution in [0.4, 0.5) is 0 Å². The van der Waals surface area contributed by atoms with Gasteiger partial charge in [0.1, 0.15) is 17.5 Å². The van der Waals surface area contributed by atoms with Gasteiger partial charge in [-0.3, -0.25) is 9.59 Å². The number of carbonyl (C=O) groups is 2. The molecule has 2 bridgehead atoms. The summed E-state index contributed by atoms with van der Waals surface area (Å²) >= 11 is 0. The van der Waals surface area contributed by atoms with Crippen LogP contribution in [0.1, 0.15) is 29.6 Å². The van der Waals surface area contributed by atoms with Gasteiger partial charge in [-0.15, -0.1) is 0 Å². The SMILES string of the molecule is O=C1NCC2CCCC1N2C(=O)c1ccc2ccc(O)cc2c1O. The molecule has 2 fully saturated rings. The van der Waals surface area contributed by atoms with Crippen LogP contribution >= 0.6 is 0 Å². The Balaban J connectivity index is 1.78. The van der Waals surface area contributed by atoms with Crippen LogP contribution in [-0.2, 0) is 4.79 Å². The molecule has 0 aliphatic carbocycles. The molecule has 124 valence electrons. The van der Waals surface area contributed by atoms with Crippen molar-refractivity contribution in [1.82, 2.24) is 10.2 Å². The highest BCUT2D eigenvalue weighted by atomic mass is 16.3. The Morgan fingerprint density at radius 3 is 2.79 bits per heavy atom. The van der Waals surface area contributed by atoms with E-state index in [1.807, 2.05) is 0 Å². The lowest BCUT2D eigenvalue weighted by molar-refractivity contribution is -0.131. The highest BCUT2D eigenvalue weighted by Crippen LogP contribution is 2.34. The summed E-state index contributed by atoms with van der Waals surface area (Å²) in [6, 6.07) is 7.47. The quantitative estimate of drug-likeness (QED) is 0.745. The number of carbonyl (C=O) groups excluding carboxylic acids is 2. The number of phenols is 2. The second-order valence-electron chi connectivity index (χ2n) is 6.43. The summed E-state index contributed by atoms with van der Waals surface area (Å²) in [6.07, 6.45) is 2.41. The van der Waals surface area contributed by atoms with Crippen molar-refractivity contribution >= 4 is 22.6 Å². The van der Waals surface area contributed by atoms with Crippen molar-refractivity contribution < 1.29 is 19.8 Å². The van der Waals surface area contributed by atoms with Gasteiger partial charge in [-0.2, -0.15) is 0 Å². The number of amides is 2. The molecule has 4 rings (SSSR count). The van der Waals surface area contributed by atoms with Crippen molar-refractivity contribution in [1.29, 1.82) is 0 Å². The lowest BCUT2D eigenvalue weighted by atomic mass is 9.90. The number of aromatic hydroxyl groups is 2. The molecular formula is C18H18N2O4. The Morgan fingerprint density at radius 2 is 1.96 bits per heavy atom. The van der Waals surface area contributed by atoms with E-state index in [0.29, 0.717) is 18.4 Å². The highest BCUT2D eigenvalue weighted by Gasteiger charge is 2.42. The molecule has 2 amide bonds. The fraction of sp³-hybridized carbons (Fsp3) is 0.333. The van der Waals surface area contributed by atoms with Crippen LogP contribution in [0.2, 0.25) is 0 Å².